The molecular weight excluding hydrogens is 186 g/mol. The van der Waals surface area contributed by atoms with Crippen LogP contribution in [0.15, 0.2) is 0 Å². The van der Waals surface area contributed by atoms with Gasteiger partial charge in [-0.15, -0.1) is 0 Å². The minimum absolute atomic E-state index is 0.649. The average molecular weight is 205 g/mol. The van der Waals surface area contributed by atoms with Crippen molar-refractivity contribution in [1.82, 2.24) is 15.3 Å². The van der Waals surface area contributed by atoms with E-state index in [0.29, 0.717) is 5.92 Å². The zero-order valence-electron chi connectivity index (χ0n) is 9.80. The molecule has 0 aromatic carbocycles. The van der Waals surface area contributed by atoms with Crippen LogP contribution < -0.4 is 5.32 Å². The number of hydrogen-bond donors (Lipinski definition) is 1. The summed E-state index contributed by atoms with van der Waals surface area (Å²) in [5.41, 5.74) is 3.55. The molecule has 15 heavy (non-hydrogen) atoms. The second kappa shape index (κ2) is 4.27. The van der Waals surface area contributed by atoms with Crippen LogP contribution in [0, 0.1) is 13.8 Å². The highest BCUT2D eigenvalue weighted by Crippen LogP contribution is 2.38. The highest BCUT2D eigenvalue weighted by molar-refractivity contribution is 5.25. The van der Waals surface area contributed by atoms with Crippen LogP contribution in [0.1, 0.15) is 48.5 Å². The molecule has 1 fully saturated rings. The van der Waals surface area contributed by atoms with Crippen LogP contribution in [0.2, 0.25) is 0 Å². The van der Waals surface area contributed by atoms with Crippen molar-refractivity contribution in [2.45, 2.75) is 46.1 Å². The van der Waals surface area contributed by atoms with E-state index in [0.717, 1.165) is 30.3 Å². The van der Waals surface area contributed by atoms with Crippen LogP contribution in [0.25, 0.3) is 0 Å². The number of rotatable bonds is 4. The molecule has 1 saturated carbocycles. The fourth-order valence-electron chi connectivity index (χ4n) is 1.80. The third kappa shape index (κ3) is 2.34. The first-order chi connectivity index (χ1) is 7.22. The third-order valence-corrected chi connectivity index (χ3v) is 2.93. The summed E-state index contributed by atoms with van der Waals surface area (Å²) in [6.45, 7) is 8.17. The maximum absolute atomic E-state index is 4.60. The van der Waals surface area contributed by atoms with E-state index in [1.54, 1.807) is 0 Å². The average Bonchev–Trinajstić information content (AvgIpc) is 2.99. The van der Waals surface area contributed by atoms with Crippen molar-refractivity contribution in [2.75, 3.05) is 6.54 Å². The first-order valence-electron chi connectivity index (χ1n) is 5.77. The van der Waals surface area contributed by atoms with Crippen LogP contribution in [-0.4, -0.2) is 16.5 Å². The van der Waals surface area contributed by atoms with Gasteiger partial charge in [0.25, 0.3) is 0 Å². The second-order valence-corrected chi connectivity index (χ2v) is 4.29. The van der Waals surface area contributed by atoms with Gasteiger partial charge in [-0.05, 0) is 33.2 Å². The van der Waals surface area contributed by atoms with Gasteiger partial charge < -0.3 is 5.32 Å². The predicted molar refractivity (Wildman–Crippen MR) is 60.9 cm³/mol. The molecule has 0 saturated heterocycles. The smallest absolute Gasteiger partial charge is 0.131 e. The number of nitrogens with one attached hydrogen (secondary N) is 1. The lowest BCUT2D eigenvalue weighted by Crippen LogP contribution is -2.16. The first kappa shape index (κ1) is 10.6. The standard InChI is InChI=1S/C12H19N3/c1-4-13-7-11-8(2)14-12(10-5-6-10)15-9(11)3/h10,13H,4-7H2,1-3H3. The number of aryl methyl sites for hydroxylation is 2. The molecule has 1 aromatic heterocycles. The van der Waals surface area contributed by atoms with Crippen molar-refractivity contribution < 1.29 is 0 Å². The highest BCUT2D eigenvalue weighted by atomic mass is 14.9. The largest absolute Gasteiger partial charge is 0.313 e. The molecule has 0 atom stereocenters. The highest BCUT2D eigenvalue weighted by Gasteiger charge is 2.27. The quantitative estimate of drug-likeness (QED) is 0.817. The summed E-state index contributed by atoms with van der Waals surface area (Å²) in [5.74, 6) is 1.71. The number of hydrogen-bond acceptors (Lipinski definition) is 3. The molecule has 1 heterocycles. The van der Waals surface area contributed by atoms with Gasteiger partial charge in [0, 0.05) is 29.4 Å². The Morgan fingerprint density at radius 1 is 1.20 bits per heavy atom. The molecule has 0 spiro atoms. The van der Waals surface area contributed by atoms with Crippen LogP contribution in [0.5, 0.6) is 0 Å². The van der Waals surface area contributed by atoms with E-state index >= 15 is 0 Å². The van der Waals surface area contributed by atoms with Crippen molar-refractivity contribution >= 4 is 0 Å². The van der Waals surface area contributed by atoms with E-state index < -0.39 is 0 Å². The third-order valence-electron chi connectivity index (χ3n) is 2.93. The molecule has 0 unspecified atom stereocenters. The lowest BCUT2D eigenvalue weighted by molar-refractivity contribution is 0.704. The Kier molecular flexibility index (Phi) is 3.00. The van der Waals surface area contributed by atoms with Crippen LogP contribution >= 0.6 is 0 Å². The molecule has 0 aliphatic heterocycles. The van der Waals surface area contributed by atoms with Crippen LogP contribution in [-0.2, 0) is 6.54 Å². The van der Waals surface area contributed by atoms with E-state index in [1.807, 2.05) is 0 Å². The molecule has 1 aromatic rings. The van der Waals surface area contributed by atoms with Gasteiger partial charge in [-0.1, -0.05) is 6.92 Å². The zero-order valence-corrected chi connectivity index (χ0v) is 9.80. The Balaban J connectivity index is 2.22. The van der Waals surface area contributed by atoms with Gasteiger partial charge in [0.05, 0.1) is 0 Å². The van der Waals surface area contributed by atoms with Gasteiger partial charge in [-0.2, -0.15) is 0 Å². The molecule has 82 valence electrons. The molecule has 1 N–H and O–H groups in total. The van der Waals surface area contributed by atoms with Crippen molar-refractivity contribution in [3.8, 4) is 0 Å². The summed E-state index contributed by atoms with van der Waals surface area (Å²) < 4.78 is 0. The summed E-state index contributed by atoms with van der Waals surface area (Å²) in [6.07, 6.45) is 2.54. The molecular formula is C12H19N3. The summed E-state index contributed by atoms with van der Waals surface area (Å²) in [7, 11) is 0. The molecule has 3 heteroatoms. The second-order valence-electron chi connectivity index (χ2n) is 4.29. The summed E-state index contributed by atoms with van der Waals surface area (Å²) >= 11 is 0. The SMILES string of the molecule is CCNCc1c(C)nc(C2CC2)nc1C. The molecule has 1 aliphatic rings. The minimum atomic E-state index is 0.649. The Labute approximate surface area is 91.3 Å². The van der Waals surface area contributed by atoms with Crippen LogP contribution in [0.4, 0.5) is 0 Å². The predicted octanol–water partition coefficient (Wildman–Crippen LogP) is 2.08. The van der Waals surface area contributed by atoms with Gasteiger partial charge >= 0.3 is 0 Å². The first-order valence-corrected chi connectivity index (χ1v) is 5.77. The van der Waals surface area contributed by atoms with Crippen LogP contribution in [0.3, 0.4) is 0 Å². The normalized spacial score (nSPS) is 15.7. The lowest BCUT2D eigenvalue weighted by Gasteiger charge is -2.10. The molecule has 0 amide bonds. The van der Waals surface area contributed by atoms with E-state index in [1.165, 1.54) is 18.4 Å². The Hall–Kier alpha value is -0.960. The van der Waals surface area contributed by atoms with E-state index in [-0.39, 0.29) is 0 Å². The maximum Gasteiger partial charge on any atom is 0.131 e. The van der Waals surface area contributed by atoms with Gasteiger partial charge in [0.1, 0.15) is 5.82 Å². The molecule has 0 radical (unpaired) electrons. The Morgan fingerprint density at radius 3 is 2.27 bits per heavy atom. The van der Waals surface area contributed by atoms with E-state index in [9.17, 15) is 0 Å². The minimum Gasteiger partial charge on any atom is -0.313 e. The van der Waals surface area contributed by atoms with Gasteiger partial charge in [0.2, 0.25) is 0 Å². The number of nitrogens with zero attached hydrogens (tertiary/aromatic N) is 2. The molecule has 0 bridgehead atoms. The maximum atomic E-state index is 4.60. The molecule has 1 aliphatic carbocycles. The molecule has 3 nitrogen and oxygen atoms in total. The lowest BCUT2D eigenvalue weighted by atomic mass is 10.1. The van der Waals surface area contributed by atoms with E-state index in [2.05, 4.69) is 36.1 Å². The summed E-state index contributed by atoms with van der Waals surface area (Å²) in [6, 6.07) is 0. The summed E-state index contributed by atoms with van der Waals surface area (Å²) in [4.78, 5) is 9.20. The van der Waals surface area contributed by atoms with Crippen molar-refractivity contribution in [1.29, 1.82) is 0 Å². The van der Waals surface area contributed by atoms with Gasteiger partial charge in [-0.3, -0.25) is 0 Å². The zero-order chi connectivity index (χ0) is 10.8. The number of aromatic nitrogens is 2. The van der Waals surface area contributed by atoms with Crippen molar-refractivity contribution in [2.24, 2.45) is 0 Å². The fraction of sp³-hybridized carbons (Fsp3) is 0.667. The van der Waals surface area contributed by atoms with Gasteiger partial charge in [-0.25, -0.2) is 9.97 Å². The molecule has 2 rings (SSSR count). The van der Waals surface area contributed by atoms with Crippen molar-refractivity contribution in [3.05, 3.63) is 22.8 Å². The van der Waals surface area contributed by atoms with E-state index in [4.69, 9.17) is 0 Å². The fourth-order valence-corrected chi connectivity index (χ4v) is 1.80. The van der Waals surface area contributed by atoms with Gasteiger partial charge in [0.15, 0.2) is 0 Å². The monoisotopic (exact) mass is 205 g/mol. The topological polar surface area (TPSA) is 37.8 Å². The Bertz CT molecular complexity index is 333. The van der Waals surface area contributed by atoms with Crippen molar-refractivity contribution in [3.63, 3.8) is 0 Å². The summed E-state index contributed by atoms with van der Waals surface area (Å²) in [5, 5.41) is 3.33. The Morgan fingerprint density at radius 2 is 1.80 bits per heavy atom.